The summed E-state index contributed by atoms with van der Waals surface area (Å²) in [5.74, 6) is 0.432. The van der Waals surface area contributed by atoms with Crippen molar-refractivity contribution in [2.75, 3.05) is 5.43 Å². The Morgan fingerprint density at radius 3 is 2.68 bits per heavy atom. The van der Waals surface area contributed by atoms with Gasteiger partial charge < -0.3 is 0 Å². The summed E-state index contributed by atoms with van der Waals surface area (Å²) >= 11 is 7.75. The highest BCUT2D eigenvalue weighted by Gasteiger charge is 2.10. The molecule has 0 atom stereocenters. The number of anilines is 1. The van der Waals surface area contributed by atoms with Gasteiger partial charge in [-0.05, 0) is 29.6 Å². The van der Waals surface area contributed by atoms with E-state index in [1.54, 1.807) is 17.6 Å². The van der Waals surface area contributed by atoms with Crippen molar-refractivity contribution < 1.29 is 0 Å². The van der Waals surface area contributed by atoms with Crippen LogP contribution in [-0.4, -0.2) is 16.2 Å². The van der Waals surface area contributed by atoms with E-state index in [-0.39, 0.29) is 0 Å². The van der Waals surface area contributed by atoms with Gasteiger partial charge in [-0.25, -0.2) is 15.4 Å². The highest BCUT2D eigenvalue weighted by molar-refractivity contribution is 7.11. The number of hydrogen-bond donors (Lipinski definition) is 1. The molecular weight excluding hydrogens is 352 g/mol. The van der Waals surface area contributed by atoms with Crippen LogP contribution in [0.1, 0.15) is 4.88 Å². The Morgan fingerprint density at radius 1 is 1.00 bits per heavy atom. The Kier molecular flexibility index (Phi) is 4.41. The number of rotatable bonds is 4. The van der Waals surface area contributed by atoms with E-state index >= 15 is 0 Å². The smallest absolute Gasteiger partial charge is 0.244 e. The minimum Gasteiger partial charge on any atom is -0.245 e. The molecular formula is C19H13ClN4S. The Bertz CT molecular complexity index is 1030. The van der Waals surface area contributed by atoms with Crippen molar-refractivity contribution in [2.45, 2.75) is 0 Å². The van der Waals surface area contributed by atoms with Crippen LogP contribution in [-0.2, 0) is 0 Å². The van der Waals surface area contributed by atoms with Crippen LogP contribution in [0.15, 0.2) is 71.1 Å². The molecule has 25 heavy (non-hydrogen) atoms. The summed E-state index contributed by atoms with van der Waals surface area (Å²) in [5, 5.41) is 7.81. The van der Waals surface area contributed by atoms with E-state index in [0.29, 0.717) is 11.0 Å². The normalized spacial score (nSPS) is 11.2. The zero-order valence-electron chi connectivity index (χ0n) is 13.1. The van der Waals surface area contributed by atoms with Gasteiger partial charge in [-0.15, -0.1) is 11.3 Å². The van der Waals surface area contributed by atoms with E-state index in [1.807, 2.05) is 66.0 Å². The van der Waals surface area contributed by atoms with Gasteiger partial charge in [-0.2, -0.15) is 5.10 Å². The van der Waals surface area contributed by atoms with Crippen molar-refractivity contribution in [1.29, 1.82) is 0 Å². The van der Waals surface area contributed by atoms with Gasteiger partial charge in [0.25, 0.3) is 0 Å². The lowest BCUT2D eigenvalue weighted by atomic mass is 10.1. The Hall–Kier alpha value is -2.76. The van der Waals surface area contributed by atoms with Crippen LogP contribution in [0.5, 0.6) is 0 Å². The predicted molar refractivity (Wildman–Crippen MR) is 106 cm³/mol. The van der Waals surface area contributed by atoms with Gasteiger partial charge in [0, 0.05) is 20.8 Å². The molecule has 0 saturated heterocycles. The zero-order valence-corrected chi connectivity index (χ0v) is 14.6. The number of benzene rings is 2. The van der Waals surface area contributed by atoms with Crippen molar-refractivity contribution in [3.05, 3.63) is 75.9 Å². The SMILES string of the molecule is Clc1ccc2c(-c3ccccc3)nc(NN=Cc3cccs3)nc2c1. The largest absolute Gasteiger partial charge is 0.245 e. The molecule has 0 aliphatic heterocycles. The first-order valence-electron chi connectivity index (χ1n) is 7.65. The molecule has 4 nitrogen and oxygen atoms in total. The Morgan fingerprint density at radius 2 is 1.88 bits per heavy atom. The van der Waals surface area contributed by atoms with Gasteiger partial charge >= 0.3 is 0 Å². The summed E-state index contributed by atoms with van der Waals surface area (Å²) in [6.07, 6.45) is 1.75. The molecule has 0 bridgehead atoms. The van der Waals surface area contributed by atoms with Crippen LogP contribution in [0.25, 0.3) is 22.2 Å². The van der Waals surface area contributed by atoms with Crippen molar-refractivity contribution in [1.82, 2.24) is 9.97 Å². The van der Waals surface area contributed by atoms with Crippen LogP contribution < -0.4 is 5.43 Å². The van der Waals surface area contributed by atoms with Crippen LogP contribution in [0.2, 0.25) is 5.02 Å². The zero-order chi connectivity index (χ0) is 17.1. The average molecular weight is 365 g/mol. The molecule has 0 aliphatic rings. The highest BCUT2D eigenvalue weighted by Crippen LogP contribution is 2.28. The average Bonchev–Trinajstić information content (AvgIpc) is 3.15. The molecule has 0 aliphatic carbocycles. The van der Waals surface area contributed by atoms with Gasteiger partial charge in [0.1, 0.15) is 0 Å². The third-order valence-electron chi connectivity index (χ3n) is 3.61. The summed E-state index contributed by atoms with van der Waals surface area (Å²) in [7, 11) is 0. The minimum atomic E-state index is 0.432. The van der Waals surface area contributed by atoms with E-state index < -0.39 is 0 Å². The van der Waals surface area contributed by atoms with Crippen molar-refractivity contribution in [3.8, 4) is 11.3 Å². The van der Waals surface area contributed by atoms with Crippen LogP contribution >= 0.6 is 22.9 Å². The second-order valence-electron chi connectivity index (χ2n) is 5.31. The van der Waals surface area contributed by atoms with Crippen LogP contribution in [0, 0.1) is 0 Å². The van der Waals surface area contributed by atoms with E-state index in [2.05, 4.69) is 20.5 Å². The summed E-state index contributed by atoms with van der Waals surface area (Å²) < 4.78 is 0. The standard InChI is InChI=1S/C19H13ClN4S/c20-14-8-9-16-17(11-14)22-19(24-21-12-15-7-4-10-25-15)23-18(16)13-5-2-1-3-6-13/h1-12H,(H,22,23,24). The molecule has 6 heteroatoms. The molecule has 1 N–H and O–H groups in total. The predicted octanol–water partition coefficient (Wildman–Crippen LogP) is 5.46. The first-order chi connectivity index (χ1) is 12.3. The number of nitrogens with one attached hydrogen (secondary N) is 1. The maximum Gasteiger partial charge on any atom is 0.244 e. The summed E-state index contributed by atoms with van der Waals surface area (Å²) in [5.41, 5.74) is 5.55. The molecule has 0 amide bonds. The van der Waals surface area contributed by atoms with Crippen molar-refractivity contribution >= 4 is 46.0 Å². The number of thiophene rings is 1. The van der Waals surface area contributed by atoms with Crippen LogP contribution in [0.3, 0.4) is 0 Å². The molecule has 0 spiro atoms. The monoisotopic (exact) mass is 364 g/mol. The van der Waals surface area contributed by atoms with Crippen molar-refractivity contribution in [2.24, 2.45) is 5.10 Å². The molecule has 0 radical (unpaired) electrons. The van der Waals surface area contributed by atoms with E-state index in [1.165, 1.54) is 0 Å². The van der Waals surface area contributed by atoms with E-state index in [9.17, 15) is 0 Å². The molecule has 0 unspecified atom stereocenters. The second kappa shape index (κ2) is 7.01. The number of fused-ring (bicyclic) bond motifs is 1. The first-order valence-corrected chi connectivity index (χ1v) is 8.91. The van der Waals surface area contributed by atoms with Gasteiger partial charge in [-0.1, -0.05) is 48.0 Å². The summed E-state index contributed by atoms with van der Waals surface area (Å²) in [6.45, 7) is 0. The van der Waals surface area contributed by atoms with E-state index in [0.717, 1.165) is 27.0 Å². The topological polar surface area (TPSA) is 50.2 Å². The summed E-state index contributed by atoms with van der Waals surface area (Å²) in [6, 6.07) is 19.6. The molecule has 0 saturated carbocycles. The summed E-state index contributed by atoms with van der Waals surface area (Å²) in [4.78, 5) is 10.2. The molecule has 2 heterocycles. The number of halogens is 1. The van der Waals surface area contributed by atoms with Gasteiger partial charge in [0.2, 0.25) is 5.95 Å². The van der Waals surface area contributed by atoms with Gasteiger partial charge in [0.05, 0.1) is 17.4 Å². The second-order valence-corrected chi connectivity index (χ2v) is 6.72. The maximum atomic E-state index is 6.13. The lowest BCUT2D eigenvalue weighted by Crippen LogP contribution is -1.99. The third-order valence-corrected chi connectivity index (χ3v) is 4.65. The fourth-order valence-corrected chi connectivity index (χ4v) is 3.24. The van der Waals surface area contributed by atoms with E-state index in [4.69, 9.17) is 11.6 Å². The molecule has 4 rings (SSSR count). The molecule has 4 aromatic rings. The minimum absolute atomic E-state index is 0.432. The van der Waals surface area contributed by atoms with Gasteiger partial charge in [0.15, 0.2) is 0 Å². The lowest BCUT2D eigenvalue weighted by Gasteiger charge is -2.08. The fourth-order valence-electron chi connectivity index (χ4n) is 2.49. The highest BCUT2D eigenvalue weighted by atomic mass is 35.5. The molecule has 122 valence electrons. The number of hydrazone groups is 1. The first kappa shape index (κ1) is 15.7. The lowest BCUT2D eigenvalue weighted by molar-refractivity contribution is 1.16. The van der Waals surface area contributed by atoms with Gasteiger partial charge in [-0.3, -0.25) is 0 Å². The molecule has 2 aromatic heterocycles. The molecule has 2 aromatic carbocycles. The third kappa shape index (κ3) is 3.52. The Balaban J connectivity index is 1.77. The quantitative estimate of drug-likeness (QED) is 0.386. The Labute approximate surface area is 153 Å². The maximum absolute atomic E-state index is 6.13. The number of aromatic nitrogens is 2. The number of hydrogen-bond acceptors (Lipinski definition) is 5. The van der Waals surface area contributed by atoms with Crippen molar-refractivity contribution in [3.63, 3.8) is 0 Å². The fraction of sp³-hybridized carbons (Fsp3) is 0. The number of nitrogens with zero attached hydrogens (tertiary/aromatic N) is 3. The molecule has 0 fully saturated rings. The van der Waals surface area contributed by atoms with Crippen LogP contribution in [0.4, 0.5) is 5.95 Å².